The topological polar surface area (TPSA) is 26.0 Å². The van der Waals surface area contributed by atoms with Gasteiger partial charge in [0.05, 0.1) is 0 Å². The molecule has 0 aromatic heterocycles. The highest BCUT2D eigenvalue weighted by Crippen LogP contribution is 2.33. The molecule has 0 heterocycles. The molecule has 1 aromatic carbocycles. The predicted octanol–water partition coefficient (Wildman–Crippen LogP) is 3.12. The van der Waals surface area contributed by atoms with Crippen LogP contribution in [0.25, 0.3) is 0 Å². The molecule has 0 saturated heterocycles. The second kappa shape index (κ2) is 3.87. The van der Waals surface area contributed by atoms with Crippen LogP contribution in [-0.2, 0) is 12.8 Å². The fraction of sp³-hybridized carbons (Fsp3) is 0.333. The molecule has 1 atom stereocenters. The van der Waals surface area contributed by atoms with E-state index in [1.165, 1.54) is 34.0 Å². The number of halogens is 1. The summed E-state index contributed by atoms with van der Waals surface area (Å²) < 4.78 is 1.23. The quantitative estimate of drug-likeness (QED) is 0.804. The van der Waals surface area contributed by atoms with Gasteiger partial charge in [-0.25, -0.2) is 0 Å². The molecule has 0 fully saturated rings. The Balaban J connectivity index is 2.53. The highest BCUT2D eigenvalue weighted by molar-refractivity contribution is 9.10. The van der Waals surface area contributed by atoms with E-state index in [1.807, 2.05) is 6.08 Å². The van der Waals surface area contributed by atoms with Gasteiger partial charge in [0.15, 0.2) is 0 Å². The van der Waals surface area contributed by atoms with Crippen LogP contribution in [0.15, 0.2) is 29.3 Å². The van der Waals surface area contributed by atoms with Crippen molar-refractivity contribution in [1.82, 2.24) is 0 Å². The van der Waals surface area contributed by atoms with Crippen LogP contribution in [0.3, 0.4) is 0 Å². The molecule has 0 amide bonds. The van der Waals surface area contributed by atoms with E-state index in [9.17, 15) is 0 Å². The highest BCUT2D eigenvalue weighted by atomic mass is 79.9. The molecule has 1 aliphatic rings. The molecule has 0 bridgehead atoms. The van der Waals surface area contributed by atoms with E-state index in [0.29, 0.717) is 0 Å². The largest absolute Gasteiger partial charge is 0.321 e. The fourth-order valence-electron chi connectivity index (χ4n) is 2.13. The average molecular weight is 252 g/mol. The molecule has 0 aliphatic heterocycles. The molecule has 0 unspecified atom stereocenters. The van der Waals surface area contributed by atoms with Crippen LogP contribution in [0.4, 0.5) is 0 Å². The lowest BCUT2D eigenvalue weighted by Gasteiger charge is -2.13. The fourth-order valence-corrected chi connectivity index (χ4v) is 2.70. The van der Waals surface area contributed by atoms with Gasteiger partial charge in [-0.15, -0.1) is 6.58 Å². The van der Waals surface area contributed by atoms with Gasteiger partial charge in [-0.05, 0) is 42.0 Å². The SMILES string of the molecule is C=C[C@@H](N)c1ccc(Br)c2c1CCC2. The first-order valence-corrected chi connectivity index (χ1v) is 5.71. The smallest absolute Gasteiger partial charge is 0.0481 e. The summed E-state index contributed by atoms with van der Waals surface area (Å²) in [5.74, 6) is 0. The van der Waals surface area contributed by atoms with Crippen LogP contribution in [0.5, 0.6) is 0 Å². The molecule has 14 heavy (non-hydrogen) atoms. The maximum atomic E-state index is 5.98. The zero-order chi connectivity index (χ0) is 10.1. The van der Waals surface area contributed by atoms with E-state index >= 15 is 0 Å². The summed E-state index contributed by atoms with van der Waals surface area (Å²) >= 11 is 3.59. The lowest BCUT2D eigenvalue weighted by Crippen LogP contribution is -2.09. The van der Waals surface area contributed by atoms with Gasteiger partial charge < -0.3 is 5.73 Å². The van der Waals surface area contributed by atoms with E-state index in [0.717, 1.165) is 6.42 Å². The minimum Gasteiger partial charge on any atom is -0.321 e. The van der Waals surface area contributed by atoms with Crippen LogP contribution in [-0.4, -0.2) is 0 Å². The van der Waals surface area contributed by atoms with Gasteiger partial charge in [-0.3, -0.25) is 0 Å². The summed E-state index contributed by atoms with van der Waals surface area (Å²) in [4.78, 5) is 0. The van der Waals surface area contributed by atoms with Crippen molar-refractivity contribution in [2.24, 2.45) is 5.73 Å². The van der Waals surface area contributed by atoms with Crippen molar-refractivity contribution < 1.29 is 0 Å². The molecule has 2 rings (SSSR count). The molecule has 0 saturated carbocycles. The van der Waals surface area contributed by atoms with Gasteiger partial charge >= 0.3 is 0 Å². The van der Waals surface area contributed by atoms with Gasteiger partial charge in [-0.1, -0.05) is 28.1 Å². The summed E-state index contributed by atoms with van der Waals surface area (Å²) in [5.41, 5.74) is 10.1. The van der Waals surface area contributed by atoms with Crippen LogP contribution in [0.1, 0.15) is 29.2 Å². The second-order valence-corrected chi connectivity index (χ2v) is 4.56. The number of fused-ring (bicyclic) bond motifs is 1. The highest BCUT2D eigenvalue weighted by Gasteiger charge is 2.19. The van der Waals surface area contributed by atoms with Crippen molar-refractivity contribution >= 4 is 15.9 Å². The van der Waals surface area contributed by atoms with Gasteiger partial charge in [0, 0.05) is 10.5 Å². The average Bonchev–Trinajstić information content (AvgIpc) is 2.67. The van der Waals surface area contributed by atoms with Gasteiger partial charge in [-0.2, -0.15) is 0 Å². The first-order chi connectivity index (χ1) is 6.74. The molecule has 2 N–H and O–H groups in total. The van der Waals surface area contributed by atoms with Gasteiger partial charge in [0.25, 0.3) is 0 Å². The first-order valence-electron chi connectivity index (χ1n) is 4.92. The third kappa shape index (κ3) is 1.53. The minimum atomic E-state index is -0.0186. The Morgan fingerprint density at radius 1 is 1.36 bits per heavy atom. The van der Waals surface area contributed by atoms with Crippen LogP contribution in [0.2, 0.25) is 0 Å². The Labute approximate surface area is 93.1 Å². The number of nitrogens with two attached hydrogens (primary N) is 1. The summed E-state index contributed by atoms with van der Waals surface area (Å²) in [6, 6.07) is 4.19. The van der Waals surface area contributed by atoms with Crippen molar-refractivity contribution in [3.63, 3.8) is 0 Å². The van der Waals surface area contributed by atoms with Crippen molar-refractivity contribution in [3.8, 4) is 0 Å². The van der Waals surface area contributed by atoms with Crippen molar-refractivity contribution in [2.75, 3.05) is 0 Å². The Bertz CT molecular complexity index is 371. The molecule has 1 nitrogen and oxygen atoms in total. The normalized spacial score (nSPS) is 16.4. The molecular weight excluding hydrogens is 238 g/mol. The number of hydrogen-bond donors (Lipinski definition) is 1. The standard InChI is InChI=1S/C12H14BrN/c1-2-12(14)10-6-7-11(13)9-5-3-4-8(9)10/h2,6-7,12H,1,3-5,14H2/t12-/m1/s1. The minimum absolute atomic E-state index is 0.0186. The van der Waals surface area contributed by atoms with Gasteiger partial charge in [0.1, 0.15) is 0 Å². The number of benzene rings is 1. The molecule has 74 valence electrons. The third-order valence-corrected chi connectivity index (χ3v) is 3.62. The maximum absolute atomic E-state index is 5.98. The Kier molecular flexibility index (Phi) is 2.75. The lowest BCUT2D eigenvalue weighted by molar-refractivity contribution is 0.870. The molecule has 0 spiro atoms. The number of hydrogen-bond acceptors (Lipinski definition) is 1. The molecule has 1 aromatic rings. The number of rotatable bonds is 2. The van der Waals surface area contributed by atoms with Crippen LogP contribution >= 0.6 is 15.9 Å². The summed E-state index contributed by atoms with van der Waals surface area (Å²) in [6.07, 6.45) is 5.38. The molecular formula is C12H14BrN. The van der Waals surface area contributed by atoms with E-state index in [4.69, 9.17) is 5.73 Å². The van der Waals surface area contributed by atoms with E-state index in [2.05, 4.69) is 34.6 Å². The van der Waals surface area contributed by atoms with Crippen molar-refractivity contribution in [2.45, 2.75) is 25.3 Å². The molecule has 0 radical (unpaired) electrons. The summed E-state index contributed by atoms with van der Waals surface area (Å²) in [5, 5.41) is 0. The predicted molar refractivity (Wildman–Crippen MR) is 63.3 cm³/mol. The third-order valence-electron chi connectivity index (χ3n) is 2.88. The summed E-state index contributed by atoms with van der Waals surface area (Å²) in [6.45, 7) is 3.75. The van der Waals surface area contributed by atoms with Crippen LogP contribution < -0.4 is 5.73 Å². The summed E-state index contributed by atoms with van der Waals surface area (Å²) in [7, 11) is 0. The van der Waals surface area contributed by atoms with E-state index in [-0.39, 0.29) is 6.04 Å². The van der Waals surface area contributed by atoms with E-state index in [1.54, 1.807) is 0 Å². The zero-order valence-corrected chi connectivity index (χ0v) is 9.68. The van der Waals surface area contributed by atoms with Crippen LogP contribution in [0, 0.1) is 0 Å². The van der Waals surface area contributed by atoms with Gasteiger partial charge in [0.2, 0.25) is 0 Å². The Hall–Kier alpha value is -0.600. The maximum Gasteiger partial charge on any atom is 0.0481 e. The van der Waals surface area contributed by atoms with Crippen molar-refractivity contribution in [1.29, 1.82) is 0 Å². The lowest BCUT2D eigenvalue weighted by atomic mass is 9.98. The molecule has 1 aliphatic carbocycles. The second-order valence-electron chi connectivity index (χ2n) is 3.71. The van der Waals surface area contributed by atoms with E-state index < -0.39 is 0 Å². The monoisotopic (exact) mass is 251 g/mol. The molecule has 2 heteroatoms. The zero-order valence-electron chi connectivity index (χ0n) is 8.09. The Morgan fingerprint density at radius 2 is 2.07 bits per heavy atom. The Morgan fingerprint density at radius 3 is 2.79 bits per heavy atom. The van der Waals surface area contributed by atoms with Crippen molar-refractivity contribution in [3.05, 3.63) is 46.0 Å². The first kappa shape index (κ1) is 9.94.